The molecule has 4 N–H and O–H groups in total. The summed E-state index contributed by atoms with van der Waals surface area (Å²) in [5.74, 6) is -3.05. The van der Waals surface area contributed by atoms with E-state index in [1.165, 1.54) is 134 Å². The molecule has 0 rings (SSSR count). The van der Waals surface area contributed by atoms with Crippen LogP contribution in [0.15, 0.2) is 24.3 Å². The van der Waals surface area contributed by atoms with Crippen molar-refractivity contribution in [3.8, 4) is 0 Å². The molecule has 0 saturated heterocycles. The Bertz CT molecular complexity index is 574. The van der Waals surface area contributed by atoms with Crippen LogP contribution in [0, 0.1) is 5.92 Å². The molecular formula is C34H65NO4. The molecule has 230 valence electrons. The second-order valence-corrected chi connectivity index (χ2v) is 11.0. The van der Waals surface area contributed by atoms with Crippen molar-refractivity contribution in [2.75, 3.05) is 6.54 Å². The van der Waals surface area contributed by atoms with E-state index < -0.39 is 17.9 Å². The van der Waals surface area contributed by atoms with Gasteiger partial charge in [0.25, 0.3) is 0 Å². The highest BCUT2D eigenvalue weighted by molar-refractivity contribution is 5.79. The molecule has 0 spiro atoms. The van der Waals surface area contributed by atoms with E-state index in [0.29, 0.717) is 0 Å². The van der Waals surface area contributed by atoms with Crippen LogP contribution in [0.4, 0.5) is 0 Å². The molecule has 1 unspecified atom stereocenters. The Morgan fingerprint density at radius 1 is 0.564 bits per heavy atom. The molecule has 5 heteroatoms. The van der Waals surface area contributed by atoms with Crippen molar-refractivity contribution in [1.82, 2.24) is 0 Å². The molecule has 0 aromatic rings. The highest BCUT2D eigenvalue weighted by atomic mass is 16.4. The Morgan fingerprint density at radius 3 is 1.28 bits per heavy atom. The van der Waals surface area contributed by atoms with Crippen LogP contribution in [0.1, 0.15) is 168 Å². The summed E-state index contributed by atoms with van der Waals surface area (Å²) in [5.41, 5.74) is 5.47. The lowest BCUT2D eigenvalue weighted by atomic mass is 10.0. The van der Waals surface area contributed by atoms with Gasteiger partial charge in [0.2, 0.25) is 0 Å². The van der Waals surface area contributed by atoms with Gasteiger partial charge in [-0.1, -0.05) is 141 Å². The molecule has 0 heterocycles. The van der Waals surface area contributed by atoms with Crippen LogP contribution in [-0.4, -0.2) is 28.7 Å². The van der Waals surface area contributed by atoms with E-state index in [4.69, 9.17) is 15.9 Å². The fourth-order valence-corrected chi connectivity index (χ4v) is 4.47. The standard InChI is InChI=1S/C18H37N.C16H28O4/c1-2-3-4-5-6-7-8-9-10-11-12-13-14-15-16-17-18-19;1-2-3-4-5-6-7-8-9-10-11-12-14(16(19)20)13-15(17)18/h9-10H,2-8,11-19H2,1H3;11-12,14H,2-10,13H2,1H3,(H,17,18)(H,19,20). The first-order valence-electron chi connectivity index (χ1n) is 16.5. The van der Waals surface area contributed by atoms with Crippen molar-refractivity contribution in [2.24, 2.45) is 11.7 Å². The zero-order chi connectivity index (χ0) is 29.2. The van der Waals surface area contributed by atoms with Crippen LogP contribution in [0.3, 0.4) is 0 Å². The van der Waals surface area contributed by atoms with Gasteiger partial charge in [-0.3, -0.25) is 9.59 Å². The number of aliphatic carboxylic acids is 2. The molecule has 39 heavy (non-hydrogen) atoms. The summed E-state index contributed by atoms with van der Waals surface area (Å²) in [7, 11) is 0. The van der Waals surface area contributed by atoms with Crippen LogP contribution >= 0.6 is 0 Å². The minimum atomic E-state index is -1.07. The van der Waals surface area contributed by atoms with Gasteiger partial charge in [0.15, 0.2) is 0 Å². The highest BCUT2D eigenvalue weighted by Gasteiger charge is 2.17. The predicted molar refractivity (Wildman–Crippen MR) is 168 cm³/mol. The molecule has 0 aromatic heterocycles. The van der Waals surface area contributed by atoms with Crippen LogP contribution in [-0.2, 0) is 9.59 Å². The average Bonchev–Trinajstić information content (AvgIpc) is 2.91. The molecule has 1 atom stereocenters. The first-order chi connectivity index (χ1) is 19.0. The number of hydrogen-bond donors (Lipinski definition) is 3. The summed E-state index contributed by atoms with van der Waals surface area (Å²) in [5, 5.41) is 17.4. The Morgan fingerprint density at radius 2 is 0.923 bits per heavy atom. The monoisotopic (exact) mass is 551 g/mol. The molecular weight excluding hydrogens is 486 g/mol. The normalized spacial score (nSPS) is 12.1. The number of allylic oxidation sites excluding steroid dienone is 3. The quantitative estimate of drug-likeness (QED) is 0.0663. The fourth-order valence-electron chi connectivity index (χ4n) is 4.47. The fraction of sp³-hybridized carbons (Fsp3) is 0.824. The lowest BCUT2D eigenvalue weighted by Crippen LogP contribution is -2.15. The average molecular weight is 552 g/mol. The van der Waals surface area contributed by atoms with Crippen molar-refractivity contribution >= 4 is 11.9 Å². The van der Waals surface area contributed by atoms with Crippen molar-refractivity contribution in [1.29, 1.82) is 0 Å². The van der Waals surface area contributed by atoms with Crippen LogP contribution in [0.5, 0.6) is 0 Å². The number of nitrogens with two attached hydrogens (primary N) is 1. The van der Waals surface area contributed by atoms with Gasteiger partial charge in [0.05, 0.1) is 12.3 Å². The summed E-state index contributed by atoms with van der Waals surface area (Å²) in [6.07, 6.45) is 37.6. The molecule has 0 radical (unpaired) electrons. The molecule has 0 aliphatic heterocycles. The van der Waals surface area contributed by atoms with Crippen LogP contribution in [0.2, 0.25) is 0 Å². The third-order valence-electron chi connectivity index (χ3n) is 7.02. The molecule has 0 amide bonds. The third-order valence-corrected chi connectivity index (χ3v) is 7.02. The Kier molecular flexibility index (Phi) is 34.9. The number of carbonyl (C=O) groups is 2. The zero-order valence-electron chi connectivity index (χ0n) is 25.9. The SMILES string of the molecule is CCCCCCCCC=CCCCCCCCCN.CCCCCCCCCCC=CC(CC(=O)O)C(=O)O. The molecule has 0 aromatic carbocycles. The van der Waals surface area contributed by atoms with Crippen molar-refractivity contribution in [3.05, 3.63) is 24.3 Å². The minimum absolute atomic E-state index is 0.344. The van der Waals surface area contributed by atoms with Crippen LogP contribution < -0.4 is 5.73 Å². The lowest BCUT2D eigenvalue weighted by molar-refractivity contribution is -0.146. The van der Waals surface area contributed by atoms with Gasteiger partial charge in [-0.15, -0.1) is 0 Å². The van der Waals surface area contributed by atoms with E-state index in [0.717, 1.165) is 25.8 Å². The first-order valence-corrected chi connectivity index (χ1v) is 16.5. The molecule has 0 aliphatic rings. The number of rotatable bonds is 28. The maximum Gasteiger partial charge on any atom is 0.310 e. The molecule has 0 saturated carbocycles. The molecule has 0 fully saturated rings. The second kappa shape index (κ2) is 34.4. The third kappa shape index (κ3) is 36.4. The Labute approximate surface area is 242 Å². The largest absolute Gasteiger partial charge is 0.481 e. The topological polar surface area (TPSA) is 101 Å². The summed E-state index contributed by atoms with van der Waals surface area (Å²) in [6, 6.07) is 0. The smallest absolute Gasteiger partial charge is 0.310 e. The van der Waals surface area contributed by atoms with E-state index in [2.05, 4.69) is 26.0 Å². The van der Waals surface area contributed by atoms with Gasteiger partial charge in [-0.05, 0) is 51.5 Å². The Balaban J connectivity index is 0. The number of carboxylic acids is 2. The Hall–Kier alpha value is -1.62. The van der Waals surface area contributed by atoms with Gasteiger partial charge >= 0.3 is 11.9 Å². The first kappa shape index (κ1) is 39.5. The van der Waals surface area contributed by atoms with Crippen molar-refractivity contribution < 1.29 is 19.8 Å². The number of unbranched alkanes of at least 4 members (excludes halogenated alkanes) is 20. The maximum atomic E-state index is 10.8. The number of carboxylic acid groups (broad SMARTS) is 2. The van der Waals surface area contributed by atoms with Gasteiger partial charge < -0.3 is 15.9 Å². The lowest BCUT2D eigenvalue weighted by Gasteiger charge is -2.03. The predicted octanol–water partition coefficient (Wildman–Crippen LogP) is 10.2. The van der Waals surface area contributed by atoms with Crippen molar-refractivity contribution in [3.63, 3.8) is 0 Å². The highest BCUT2D eigenvalue weighted by Crippen LogP contribution is 2.12. The second-order valence-electron chi connectivity index (χ2n) is 11.0. The van der Waals surface area contributed by atoms with Gasteiger partial charge in [-0.25, -0.2) is 0 Å². The molecule has 5 nitrogen and oxygen atoms in total. The summed E-state index contributed by atoms with van der Waals surface area (Å²) in [6.45, 7) is 5.35. The summed E-state index contributed by atoms with van der Waals surface area (Å²) >= 11 is 0. The zero-order valence-corrected chi connectivity index (χ0v) is 25.9. The van der Waals surface area contributed by atoms with Gasteiger partial charge in [0, 0.05) is 0 Å². The molecule has 0 bridgehead atoms. The summed E-state index contributed by atoms with van der Waals surface area (Å²) in [4.78, 5) is 21.3. The summed E-state index contributed by atoms with van der Waals surface area (Å²) < 4.78 is 0. The van der Waals surface area contributed by atoms with E-state index in [1.54, 1.807) is 6.08 Å². The van der Waals surface area contributed by atoms with Crippen molar-refractivity contribution in [2.45, 2.75) is 168 Å². The molecule has 0 aliphatic carbocycles. The minimum Gasteiger partial charge on any atom is -0.481 e. The maximum absolute atomic E-state index is 10.8. The number of hydrogen-bond acceptors (Lipinski definition) is 3. The van der Waals surface area contributed by atoms with E-state index in [-0.39, 0.29) is 6.42 Å². The van der Waals surface area contributed by atoms with Gasteiger partial charge in [-0.2, -0.15) is 0 Å². The van der Waals surface area contributed by atoms with E-state index in [1.807, 2.05) is 0 Å². The van der Waals surface area contributed by atoms with Gasteiger partial charge in [0.1, 0.15) is 0 Å². The van der Waals surface area contributed by atoms with Crippen LogP contribution in [0.25, 0.3) is 0 Å². The van der Waals surface area contributed by atoms with E-state index >= 15 is 0 Å². The van der Waals surface area contributed by atoms with E-state index in [9.17, 15) is 9.59 Å².